The van der Waals surface area contributed by atoms with Crippen LogP contribution in [0.1, 0.15) is 30.4 Å². The minimum absolute atomic E-state index is 0.0639. The fourth-order valence-corrected chi connectivity index (χ4v) is 3.28. The Balaban J connectivity index is 1.40. The molecule has 1 heterocycles. The zero-order valence-electron chi connectivity index (χ0n) is 15.1. The number of aryl methyl sites for hydroxylation is 1. The third-order valence-electron chi connectivity index (χ3n) is 4.82. The van der Waals surface area contributed by atoms with Gasteiger partial charge in [-0.2, -0.15) is 0 Å². The van der Waals surface area contributed by atoms with Gasteiger partial charge < -0.3 is 15.5 Å². The molecule has 2 aromatic carbocycles. The van der Waals surface area contributed by atoms with Gasteiger partial charge in [0.05, 0.1) is 0 Å². The van der Waals surface area contributed by atoms with Crippen molar-refractivity contribution in [3.8, 4) is 0 Å². The Kier molecular flexibility index (Phi) is 5.71. The molecule has 2 N–H and O–H groups in total. The van der Waals surface area contributed by atoms with Crippen molar-refractivity contribution < 1.29 is 4.79 Å². The van der Waals surface area contributed by atoms with Crippen molar-refractivity contribution in [2.45, 2.75) is 32.6 Å². The van der Waals surface area contributed by atoms with Crippen molar-refractivity contribution in [1.29, 1.82) is 0 Å². The van der Waals surface area contributed by atoms with Crippen molar-refractivity contribution in [2.75, 3.05) is 36.4 Å². The molecule has 26 heavy (non-hydrogen) atoms. The molecule has 6 heteroatoms. The number of rotatable bonds is 8. The quantitative estimate of drug-likeness (QED) is 0.699. The standard InChI is InChI=1S/C20H25N3O3/c1-14-4-6-15(7-5-14)8-10-21-16(24)9-11-22-17-18(20(26)19(17)25)23-12-2-3-13-23/h4-7,22H,2-3,8-13H2,1H3,(H,21,24). The van der Waals surface area contributed by atoms with E-state index in [-0.39, 0.29) is 12.3 Å². The average Bonchev–Trinajstić information content (AvgIpc) is 3.16. The molecule has 0 spiro atoms. The van der Waals surface area contributed by atoms with E-state index in [0.29, 0.717) is 24.5 Å². The van der Waals surface area contributed by atoms with Crippen LogP contribution in [0.15, 0.2) is 33.9 Å². The molecule has 0 atom stereocenters. The first-order chi connectivity index (χ1) is 12.6. The molecule has 138 valence electrons. The van der Waals surface area contributed by atoms with Gasteiger partial charge in [0.1, 0.15) is 11.4 Å². The number of amides is 1. The smallest absolute Gasteiger partial charge is 0.253 e. The van der Waals surface area contributed by atoms with Gasteiger partial charge in [0.2, 0.25) is 5.91 Å². The van der Waals surface area contributed by atoms with Crippen molar-refractivity contribution in [3.63, 3.8) is 0 Å². The minimum atomic E-state index is -0.466. The maximum atomic E-state index is 11.9. The van der Waals surface area contributed by atoms with E-state index in [0.717, 1.165) is 32.4 Å². The Hall–Kier alpha value is -2.63. The number of nitrogens with one attached hydrogen (secondary N) is 2. The van der Waals surface area contributed by atoms with E-state index < -0.39 is 10.9 Å². The van der Waals surface area contributed by atoms with E-state index in [2.05, 4.69) is 34.9 Å². The molecule has 0 unspecified atom stereocenters. The number of hydrogen-bond donors (Lipinski definition) is 2. The van der Waals surface area contributed by atoms with Crippen LogP contribution in [-0.4, -0.2) is 32.1 Å². The lowest BCUT2D eigenvalue weighted by Gasteiger charge is -2.22. The molecule has 0 aliphatic carbocycles. The summed E-state index contributed by atoms with van der Waals surface area (Å²) in [5.41, 5.74) is 2.42. The second-order valence-corrected chi connectivity index (χ2v) is 6.84. The van der Waals surface area contributed by atoms with Crippen LogP contribution in [-0.2, 0) is 11.2 Å². The van der Waals surface area contributed by atoms with Crippen LogP contribution < -0.4 is 26.4 Å². The molecule has 0 aromatic heterocycles. The molecule has 1 fully saturated rings. The predicted molar refractivity (Wildman–Crippen MR) is 104 cm³/mol. The van der Waals surface area contributed by atoms with Gasteiger partial charge in [-0.05, 0) is 31.7 Å². The molecule has 1 amide bonds. The fraction of sp³-hybridized carbons (Fsp3) is 0.450. The van der Waals surface area contributed by atoms with Gasteiger partial charge in [-0.3, -0.25) is 14.4 Å². The van der Waals surface area contributed by atoms with E-state index in [9.17, 15) is 14.4 Å². The number of carbonyl (C=O) groups excluding carboxylic acids is 1. The summed E-state index contributed by atoms with van der Waals surface area (Å²) in [6.07, 6.45) is 3.14. The lowest BCUT2D eigenvalue weighted by atomic mass is 10.1. The molecule has 0 saturated carbocycles. The van der Waals surface area contributed by atoms with E-state index in [1.54, 1.807) is 0 Å². The molecule has 3 rings (SSSR count). The predicted octanol–water partition coefficient (Wildman–Crippen LogP) is 1.35. The maximum absolute atomic E-state index is 11.9. The lowest BCUT2D eigenvalue weighted by Crippen LogP contribution is -2.42. The first-order valence-electron chi connectivity index (χ1n) is 9.20. The molecule has 0 bridgehead atoms. The highest BCUT2D eigenvalue weighted by Crippen LogP contribution is 2.23. The topological polar surface area (TPSA) is 78.5 Å². The van der Waals surface area contributed by atoms with Gasteiger partial charge in [-0.15, -0.1) is 0 Å². The summed E-state index contributed by atoms with van der Waals surface area (Å²) < 4.78 is 0. The van der Waals surface area contributed by atoms with Gasteiger partial charge in [0.25, 0.3) is 10.9 Å². The molecule has 0 radical (unpaired) electrons. The Morgan fingerprint density at radius 3 is 2.42 bits per heavy atom. The van der Waals surface area contributed by atoms with Crippen molar-refractivity contribution >= 4 is 17.3 Å². The lowest BCUT2D eigenvalue weighted by molar-refractivity contribution is -0.120. The van der Waals surface area contributed by atoms with Crippen molar-refractivity contribution in [1.82, 2.24) is 5.32 Å². The third kappa shape index (κ3) is 4.12. The van der Waals surface area contributed by atoms with Crippen LogP contribution in [0.4, 0.5) is 11.4 Å². The van der Waals surface area contributed by atoms with Crippen molar-refractivity contribution in [2.24, 2.45) is 0 Å². The maximum Gasteiger partial charge on any atom is 0.253 e. The van der Waals surface area contributed by atoms with Crippen LogP contribution in [0.5, 0.6) is 0 Å². The highest BCUT2D eigenvalue weighted by Gasteiger charge is 2.27. The van der Waals surface area contributed by atoms with Gasteiger partial charge in [0, 0.05) is 32.6 Å². The Bertz CT molecular complexity index is 829. The third-order valence-corrected chi connectivity index (χ3v) is 4.82. The molecule has 6 nitrogen and oxygen atoms in total. The van der Waals surface area contributed by atoms with Crippen molar-refractivity contribution in [3.05, 3.63) is 55.8 Å². The first kappa shape index (κ1) is 18.2. The van der Waals surface area contributed by atoms with E-state index in [4.69, 9.17) is 0 Å². The summed E-state index contributed by atoms with van der Waals surface area (Å²) in [4.78, 5) is 37.4. The van der Waals surface area contributed by atoms with Crippen LogP contribution in [0.3, 0.4) is 0 Å². The van der Waals surface area contributed by atoms with Crippen LogP contribution in [0, 0.1) is 6.92 Å². The normalized spacial score (nSPS) is 14.0. The Morgan fingerprint density at radius 1 is 1.04 bits per heavy atom. The van der Waals surface area contributed by atoms with E-state index >= 15 is 0 Å². The number of hydrogen-bond acceptors (Lipinski definition) is 5. The molecule has 1 saturated heterocycles. The number of anilines is 2. The van der Waals surface area contributed by atoms with E-state index in [1.807, 2.05) is 11.8 Å². The van der Waals surface area contributed by atoms with Gasteiger partial charge in [-0.1, -0.05) is 29.8 Å². The largest absolute Gasteiger partial charge is 0.379 e. The van der Waals surface area contributed by atoms with Crippen LogP contribution in [0.25, 0.3) is 0 Å². The van der Waals surface area contributed by atoms with Gasteiger partial charge >= 0.3 is 0 Å². The summed E-state index contributed by atoms with van der Waals surface area (Å²) in [5.74, 6) is -0.0639. The van der Waals surface area contributed by atoms with Crippen LogP contribution >= 0.6 is 0 Å². The van der Waals surface area contributed by atoms with Gasteiger partial charge in [-0.25, -0.2) is 0 Å². The molecular formula is C20H25N3O3. The monoisotopic (exact) mass is 355 g/mol. The summed E-state index contributed by atoms with van der Waals surface area (Å²) in [6, 6.07) is 8.25. The summed E-state index contributed by atoms with van der Waals surface area (Å²) in [5, 5.41) is 5.86. The molecular weight excluding hydrogens is 330 g/mol. The molecule has 2 aromatic rings. The summed E-state index contributed by atoms with van der Waals surface area (Å²) >= 11 is 0. The molecule has 1 aliphatic rings. The Morgan fingerprint density at radius 2 is 1.73 bits per heavy atom. The zero-order valence-corrected chi connectivity index (χ0v) is 15.1. The second kappa shape index (κ2) is 8.17. The zero-order chi connectivity index (χ0) is 18.5. The highest BCUT2D eigenvalue weighted by atomic mass is 16.2. The van der Waals surface area contributed by atoms with E-state index in [1.165, 1.54) is 11.1 Å². The minimum Gasteiger partial charge on any atom is -0.379 e. The van der Waals surface area contributed by atoms with Gasteiger partial charge in [0.15, 0.2) is 0 Å². The summed E-state index contributed by atoms with van der Waals surface area (Å²) in [6.45, 7) is 4.62. The molecule has 1 aliphatic heterocycles. The Labute approximate surface area is 152 Å². The summed E-state index contributed by atoms with van der Waals surface area (Å²) in [7, 11) is 0. The highest BCUT2D eigenvalue weighted by molar-refractivity contribution is 5.78. The number of benzene rings is 1. The second-order valence-electron chi connectivity index (χ2n) is 6.84. The van der Waals surface area contributed by atoms with Crippen LogP contribution in [0.2, 0.25) is 0 Å². The number of carbonyl (C=O) groups is 1. The number of nitrogens with zero attached hydrogens (tertiary/aromatic N) is 1. The SMILES string of the molecule is Cc1ccc(CCNC(=O)CCNc2c(N3CCCC3)c(=O)c2=O)cc1. The first-order valence-corrected chi connectivity index (χ1v) is 9.20. The average molecular weight is 355 g/mol. The fourth-order valence-electron chi connectivity index (χ4n) is 3.28.